The Hall–Kier alpha value is -3.43. The van der Waals surface area contributed by atoms with Crippen LogP contribution in [0.5, 0.6) is 0 Å². The van der Waals surface area contributed by atoms with Crippen molar-refractivity contribution in [1.82, 2.24) is 30.5 Å². The zero-order chi connectivity index (χ0) is 25.9. The molecule has 2 aromatic rings. The smallest absolute Gasteiger partial charge is 0.229 e. The van der Waals surface area contributed by atoms with Crippen LogP contribution < -0.4 is 16.0 Å². The highest BCUT2D eigenvalue weighted by Gasteiger charge is 2.26. The Morgan fingerprint density at radius 3 is 2.76 bits per heavy atom. The molecular weight excluding hydrogens is 467 g/mol. The first-order chi connectivity index (χ1) is 17.9. The number of hydrogen-bond donors (Lipinski definition) is 4. The van der Waals surface area contributed by atoms with Crippen molar-refractivity contribution >= 4 is 23.1 Å². The fraction of sp³-hybridized carbons (Fsp3) is 0.429. The van der Waals surface area contributed by atoms with Gasteiger partial charge in [-0.3, -0.25) is 4.90 Å². The van der Waals surface area contributed by atoms with E-state index in [9.17, 15) is 4.39 Å². The van der Waals surface area contributed by atoms with E-state index in [1.165, 1.54) is 24.6 Å². The summed E-state index contributed by atoms with van der Waals surface area (Å²) in [6, 6.07) is 4.72. The molecule has 0 aromatic carbocycles. The summed E-state index contributed by atoms with van der Waals surface area (Å²) in [5.41, 5.74) is 5.19. The lowest BCUT2D eigenvalue weighted by molar-refractivity contribution is 0.146. The number of anilines is 2. The largest absolute Gasteiger partial charge is 0.391 e. The maximum absolute atomic E-state index is 14.8. The van der Waals surface area contributed by atoms with Gasteiger partial charge in [0.05, 0.1) is 11.9 Å². The molecule has 0 radical (unpaired) electrons. The molecular formula is C28H35FN8. The van der Waals surface area contributed by atoms with Gasteiger partial charge in [-0.15, -0.1) is 0 Å². The molecule has 1 fully saturated rings. The van der Waals surface area contributed by atoms with Gasteiger partial charge in [-0.25, -0.2) is 19.3 Å². The van der Waals surface area contributed by atoms with Gasteiger partial charge in [-0.05, 0) is 55.6 Å². The Labute approximate surface area is 217 Å². The second-order valence-corrected chi connectivity index (χ2v) is 10.1. The predicted molar refractivity (Wildman–Crippen MR) is 145 cm³/mol. The Balaban J connectivity index is 1.36. The molecule has 2 aliphatic heterocycles. The number of rotatable bonds is 6. The summed E-state index contributed by atoms with van der Waals surface area (Å²) < 4.78 is 14.8. The monoisotopic (exact) mass is 502 g/mol. The number of hydrogen-bond acceptors (Lipinski definition) is 8. The van der Waals surface area contributed by atoms with E-state index in [2.05, 4.69) is 50.7 Å². The molecule has 4 heterocycles. The maximum atomic E-state index is 14.8. The third-order valence-electron chi connectivity index (χ3n) is 7.32. The highest BCUT2D eigenvalue weighted by atomic mass is 19.1. The SMILES string of the molecule is CN/C(=C1/C=C(c2nc(Nc3ccc4c(n3)CCN(C3CCNCC3)C4)ncc2F)C=CC1=N)C(C)C. The van der Waals surface area contributed by atoms with Crippen molar-refractivity contribution in [1.29, 1.82) is 5.41 Å². The van der Waals surface area contributed by atoms with Gasteiger partial charge in [0.15, 0.2) is 5.82 Å². The highest BCUT2D eigenvalue weighted by Crippen LogP contribution is 2.28. The van der Waals surface area contributed by atoms with E-state index in [0.717, 1.165) is 49.6 Å². The van der Waals surface area contributed by atoms with E-state index in [-0.39, 0.29) is 17.6 Å². The summed E-state index contributed by atoms with van der Waals surface area (Å²) >= 11 is 0. The minimum Gasteiger partial charge on any atom is -0.391 e. The molecule has 0 atom stereocenters. The van der Waals surface area contributed by atoms with Gasteiger partial charge in [-0.1, -0.05) is 26.0 Å². The number of piperidine rings is 1. The standard InChI is InChI=1S/C28H35FN8/c1-17(2)26(31-3)21-14-18(4-6-23(21)30)27-22(29)15-33-28(36-27)35-25-7-5-19-16-37(13-10-24(19)34-25)20-8-11-32-12-9-20/h4-7,14-15,17,20,30-32H,8-13,16H2,1-3H3,(H,33,34,35,36)/b26-21-,30-23?. The average molecular weight is 503 g/mol. The van der Waals surface area contributed by atoms with E-state index in [1.54, 1.807) is 12.2 Å². The zero-order valence-electron chi connectivity index (χ0n) is 21.7. The summed E-state index contributed by atoms with van der Waals surface area (Å²) in [5.74, 6) is 0.619. The first kappa shape index (κ1) is 25.2. The summed E-state index contributed by atoms with van der Waals surface area (Å²) in [6.07, 6.45) is 9.70. The molecule has 0 saturated carbocycles. The van der Waals surface area contributed by atoms with Crippen LogP contribution in [-0.4, -0.2) is 58.3 Å². The molecule has 1 saturated heterocycles. The van der Waals surface area contributed by atoms with Gasteiger partial charge in [0, 0.05) is 55.1 Å². The van der Waals surface area contributed by atoms with Gasteiger partial charge < -0.3 is 21.4 Å². The van der Waals surface area contributed by atoms with Crippen LogP contribution in [0.25, 0.3) is 5.57 Å². The lowest BCUT2D eigenvalue weighted by atomic mass is 9.93. The van der Waals surface area contributed by atoms with Crippen molar-refractivity contribution in [3.63, 3.8) is 0 Å². The predicted octanol–water partition coefficient (Wildman–Crippen LogP) is 3.97. The van der Waals surface area contributed by atoms with Crippen LogP contribution >= 0.6 is 0 Å². The number of pyridine rings is 1. The molecule has 0 spiro atoms. The Morgan fingerprint density at radius 1 is 1.19 bits per heavy atom. The lowest BCUT2D eigenvalue weighted by Crippen LogP contribution is -2.45. The molecule has 37 heavy (non-hydrogen) atoms. The van der Waals surface area contributed by atoms with E-state index in [4.69, 9.17) is 10.4 Å². The average Bonchev–Trinajstić information content (AvgIpc) is 2.91. The normalized spacial score (nSPS) is 20.0. The lowest BCUT2D eigenvalue weighted by Gasteiger charge is -2.37. The van der Waals surface area contributed by atoms with Crippen molar-refractivity contribution in [3.8, 4) is 0 Å². The van der Waals surface area contributed by atoms with Crippen LogP contribution in [0.4, 0.5) is 16.2 Å². The van der Waals surface area contributed by atoms with Crippen LogP contribution in [-0.2, 0) is 13.0 Å². The van der Waals surface area contributed by atoms with Gasteiger partial charge in [-0.2, -0.15) is 0 Å². The molecule has 194 valence electrons. The summed E-state index contributed by atoms with van der Waals surface area (Å²) in [6.45, 7) is 8.25. The number of halogens is 1. The highest BCUT2D eigenvalue weighted by molar-refractivity contribution is 6.13. The minimum absolute atomic E-state index is 0.188. The first-order valence-electron chi connectivity index (χ1n) is 13.1. The molecule has 0 amide bonds. The van der Waals surface area contributed by atoms with Gasteiger partial charge in [0.2, 0.25) is 5.95 Å². The maximum Gasteiger partial charge on any atom is 0.229 e. The third-order valence-corrected chi connectivity index (χ3v) is 7.32. The Kier molecular flexibility index (Phi) is 7.43. The van der Waals surface area contributed by atoms with E-state index in [1.807, 2.05) is 19.2 Å². The zero-order valence-corrected chi connectivity index (χ0v) is 21.7. The number of nitrogens with one attached hydrogen (secondary N) is 4. The van der Waals surface area contributed by atoms with Gasteiger partial charge in [0.1, 0.15) is 11.5 Å². The molecule has 0 unspecified atom stereocenters. The molecule has 8 nitrogen and oxygen atoms in total. The van der Waals surface area contributed by atoms with Crippen LogP contribution in [0.1, 0.15) is 43.6 Å². The van der Waals surface area contributed by atoms with Crippen LogP contribution in [0.2, 0.25) is 0 Å². The van der Waals surface area contributed by atoms with Crippen molar-refractivity contribution in [3.05, 3.63) is 70.6 Å². The second-order valence-electron chi connectivity index (χ2n) is 10.1. The molecule has 5 rings (SSSR count). The summed E-state index contributed by atoms with van der Waals surface area (Å²) in [4.78, 5) is 16.1. The number of fused-ring (bicyclic) bond motifs is 1. The topological polar surface area (TPSA) is 102 Å². The van der Waals surface area contributed by atoms with Crippen LogP contribution in [0, 0.1) is 17.1 Å². The molecule has 1 aliphatic carbocycles. The second kappa shape index (κ2) is 10.9. The molecule has 3 aliphatic rings. The fourth-order valence-electron chi connectivity index (χ4n) is 5.38. The number of allylic oxidation sites excluding steroid dienone is 6. The van der Waals surface area contributed by atoms with Crippen molar-refractivity contribution in [2.75, 3.05) is 32.0 Å². The number of aromatic nitrogens is 3. The third kappa shape index (κ3) is 5.47. The van der Waals surface area contributed by atoms with Crippen molar-refractivity contribution < 1.29 is 4.39 Å². The fourth-order valence-corrected chi connectivity index (χ4v) is 5.38. The molecule has 0 bridgehead atoms. The van der Waals surface area contributed by atoms with Crippen LogP contribution in [0.15, 0.2) is 47.8 Å². The summed E-state index contributed by atoms with van der Waals surface area (Å²) in [5, 5.41) is 18.1. The molecule has 2 aromatic heterocycles. The minimum atomic E-state index is -0.513. The Bertz CT molecular complexity index is 1270. The van der Waals surface area contributed by atoms with Crippen LogP contribution in [0.3, 0.4) is 0 Å². The first-order valence-corrected chi connectivity index (χ1v) is 13.1. The quantitative estimate of drug-likeness (QED) is 0.474. The molecule has 9 heteroatoms. The van der Waals surface area contributed by atoms with Gasteiger partial charge in [0.25, 0.3) is 0 Å². The van der Waals surface area contributed by atoms with Crippen molar-refractivity contribution in [2.45, 2.75) is 45.7 Å². The van der Waals surface area contributed by atoms with E-state index < -0.39 is 5.82 Å². The number of nitrogens with zero attached hydrogens (tertiary/aromatic N) is 4. The summed E-state index contributed by atoms with van der Waals surface area (Å²) in [7, 11) is 1.84. The van der Waals surface area contributed by atoms with E-state index in [0.29, 0.717) is 23.1 Å². The van der Waals surface area contributed by atoms with Crippen molar-refractivity contribution in [2.24, 2.45) is 5.92 Å². The van der Waals surface area contributed by atoms with E-state index >= 15 is 0 Å². The Morgan fingerprint density at radius 2 is 2.00 bits per heavy atom. The molecule has 4 N–H and O–H groups in total. The van der Waals surface area contributed by atoms with Gasteiger partial charge >= 0.3 is 0 Å².